The molecule has 0 aromatic carbocycles. The number of hydrogen-bond acceptors (Lipinski definition) is 3. The summed E-state index contributed by atoms with van der Waals surface area (Å²) in [6.07, 6.45) is 12.6. The van der Waals surface area contributed by atoms with Crippen LogP contribution in [0.2, 0.25) is 0 Å². The van der Waals surface area contributed by atoms with Crippen LogP contribution >= 0.6 is 0 Å². The van der Waals surface area contributed by atoms with E-state index in [1.165, 1.54) is 18.4 Å². The zero-order valence-electron chi connectivity index (χ0n) is 16.4. The molecule has 0 aliphatic heterocycles. The minimum Gasteiger partial charge on any atom is -0.396 e. The molecular formula is C23H34O3. The van der Waals surface area contributed by atoms with Crippen molar-refractivity contribution in [1.29, 1.82) is 0 Å². The van der Waals surface area contributed by atoms with Crippen molar-refractivity contribution in [3.8, 4) is 0 Å². The SMILES string of the molecule is C[C@H](CO)[C@H]1CC[C@H]2[C@@H]3CCC4=CC(C=O)C=C[C@]4(C)[C@H]3[C@@H](O)C[C@]12C. The standard InChI is InChI=1S/C23H34O3/c1-14(12-24)18-6-7-19-17-5-4-16-10-15(13-25)8-9-22(16,2)21(17)20(26)11-23(18,19)3/h8-10,13-15,17-21,24,26H,4-7,11-12H2,1-3H3/t14-,15?,17+,18-,19+,20+,21-,22+,23-/m1/s1. The Bertz CT molecular complexity index is 637. The Morgan fingerprint density at radius 2 is 2.08 bits per heavy atom. The Morgan fingerprint density at radius 1 is 1.31 bits per heavy atom. The highest BCUT2D eigenvalue weighted by Gasteiger charge is 2.61. The minimum absolute atomic E-state index is 0.0955. The summed E-state index contributed by atoms with van der Waals surface area (Å²) in [5.41, 5.74) is 1.40. The van der Waals surface area contributed by atoms with Gasteiger partial charge in [0, 0.05) is 17.9 Å². The molecule has 3 fully saturated rings. The van der Waals surface area contributed by atoms with E-state index in [9.17, 15) is 15.0 Å². The van der Waals surface area contributed by atoms with Crippen molar-refractivity contribution in [2.24, 2.45) is 46.3 Å². The molecule has 3 nitrogen and oxygen atoms in total. The van der Waals surface area contributed by atoms with E-state index in [1.807, 2.05) is 6.08 Å². The van der Waals surface area contributed by atoms with E-state index in [4.69, 9.17) is 0 Å². The Balaban J connectivity index is 1.68. The van der Waals surface area contributed by atoms with Crippen molar-refractivity contribution in [2.45, 2.75) is 59.0 Å². The Morgan fingerprint density at radius 3 is 2.77 bits per heavy atom. The molecule has 0 aromatic rings. The number of aliphatic hydroxyl groups excluding tert-OH is 2. The molecule has 0 saturated heterocycles. The molecule has 4 aliphatic rings. The maximum absolute atomic E-state index is 11.3. The molecule has 4 aliphatic carbocycles. The molecule has 3 heteroatoms. The van der Waals surface area contributed by atoms with E-state index < -0.39 is 0 Å². The van der Waals surface area contributed by atoms with Crippen molar-refractivity contribution in [3.63, 3.8) is 0 Å². The summed E-state index contributed by atoms with van der Waals surface area (Å²) < 4.78 is 0. The first-order valence-electron chi connectivity index (χ1n) is 10.5. The second-order valence-electron chi connectivity index (χ2n) is 10.0. The molecule has 1 unspecified atom stereocenters. The number of aliphatic hydroxyl groups is 2. The summed E-state index contributed by atoms with van der Waals surface area (Å²) in [6.45, 7) is 7.08. The summed E-state index contributed by atoms with van der Waals surface area (Å²) in [6, 6.07) is 0. The van der Waals surface area contributed by atoms with Crippen LogP contribution in [-0.2, 0) is 4.79 Å². The van der Waals surface area contributed by atoms with E-state index in [2.05, 4.69) is 32.9 Å². The number of allylic oxidation sites excluding steroid dienone is 4. The van der Waals surface area contributed by atoms with Crippen LogP contribution in [0.1, 0.15) is 52.9 Å². The highest BCUT2D eigenvalue weighted by Crippen LogP contribution is 2.67. The maximum Gasteiger partial charge on any atom is 0.130 e. The van der Waals surface area contributed by atoms with Gasteiger partial charge < -0.3 is 15.0 Å². The first kappa shape index (κ1) is 18.4. The van der Waals surface area contributed by atoms with Gasteiger partial charge >= 0.3 is 0 Å². The molecular weight excluding hydrogens is 324 g/mol. The van der Waals surface area contributed by atoms with Crippen LogP contribution in [0.25, 0.3) is 0 Å². The van der Waals surface area contributed by atoms with Crippen LogP contribution in [-0.4, -0.2) is 29.2 Å². The van der Waals surface area contributed by atoms with Gasteiger partial charge in [-0.3, -0.25) is 0 Å². The van der Waals surface area contributed by atoms with Crippen LogP contribution in [0, 0.1) is 46.3 Å². The summed E-state index contributed by atoms with van der Waals surface area (Å²) in [5, 5.41) is 21.1. The van der Waals surface area contributed by atoms with Gasteiger partial charge in [-0.05, 0) is 61.2 Å². The lowest BCUT2D eigenvalue weighted by molar-refractivity contribution is -0.122. The van der Waals surface area contributed by atoms with Crippen molar-refractivity contribution in [2.75, 3.05) is 6.61 Å². The molecule has 0 spiro atoms. The predicted octanol–water partition coefficient (Wildman–Crippen LogP) is 3.76. The lowest BCUT2D eigenvalue weighted by Gasteiger charge is -2.59. The quantitative estimate of drug-likeness (QED) is 0.597. The van der Waals surface area contributed by atoms with Crippen LogP contribution in [0.5, 0.6) is 0 Å². The van der Waals surface area contributed by atoms with Crippen LogP contribution in [0.4, 0.5) is 0 Å². The Kier molecular flexibility index (Phi) is 4.47. The molecule has 4 rings (SSSR count). The molecule has 2 N–H and O–H groups in total. The van der Waals surface area contributed by atoms with E-state index in [1.54, 1.807) is 0 Å². The average Bonchev–Trinajstić information content (AvgIpc) is 2.96. The lowest BCUT2D eigenvalue weighted by atomic mass is 9.46. The number of carbonyl (C=O) groups is 1. The van der Waals surface area contributed by atoms with Gasteiger partial charge in [0.2, 0.25) is 0 Å². The average molecular weight is 359 g/mol. The van der Waals surface area contributed by atoms with Gasteiger partial charge in [0.15, 0.2) is 0 Å². The van der Waals surface area contributed by atoms with Crippen molar-refractivity contribution >= 4 is 6.29 Å². The first-order chi connectivity index (χ1) is 12.3. The smallest absolute Gasteiger partial charge is 0.130 e. The Labute approximate surface area is 157 Å². The number of fused-ring (bicyclic) bond motifs is 5. The normalized spacial score (nSPS) is 51.0. The zero-order chi connectivity index (χ0) is 18.7. The monoisotopic (exact) mass is 358 g/mol. The third-order valence-corrected chi connectivity index (χ3v) is 8.85. The molecule has 26 heavy (non-hydrogen) atoms. The van der Waals surface area contributed by atoms with E-state index >= 15 is 0 Å². The van der Waals surface area contributed by atoms with Crippen LogP contribution < -0.4 is 0 Å². The molecule has 144 valence electrons. The fourth-order valence-electron chi connectivity index (χ4n) is 7.67. The number of hydrogen-bond donors (Lipinski definition) is 2. The van der Waals surface area contributed by atoms with Gasteiger partial charge in [0.1, 0.15) is 6.29 Å². The Hall–Kier alpha value is -0.930. The van der Waals surface area contributed by atoms with Gasteiger partial charge in [0.25, 0.3) is 0 Å². The van der Waals surface area contributed by atoms with Crippen molar-refractivity contribution in [3.05, 3.63) is 23.8 Å². The maximum atomic E-state index is 11.3. The highest BCUT2D eigenvalue weighted by atomic mass is 16.3. The molecule has 0 aromatic heterocycles. The third kappa shape index (κ3) is 2.43. The van der Waals surface area contributed by atoms with Gasteiger partial charge in [-0.25, -0.2) is 0 Å². The van der Waals surface area contributed by atoms with Gasteiger partial charge in [-0.2, -0.15) is 0 Å². The fourth-order valence-corrected chi connectivity index (χ4v) is 7.67. The second kappa shape index (κ2) is 6.31. The van der Waals surface area contributed by atoms with E-state index in [0.717, 1.165) is 25.5 Å². The third-order valence-electron chi connectivity index (χ3n) is 8.85. The molecule has 0 radical (unpaired) electrons. The first-order valence-corrected chi connectivity index (χ1v) is 10.5. The number of carbonyl (C=O) groups excluding carboxylic acids is 1. The summed E-state index contributed by atoms with van der Waals surface area (Å²) in [5.74, 6) is 2.17. The molecule has 0 bridgehead atoms. The molecule has 0 heterocycles. The predicted molar refractivity (Wildman–Crippen MR) is 102 cm³/mol. The summed E-state index contributed by atoms with van der Waals surface area (Å²) in [7, 11) is 0. The zero-order valence-corrected chi connectivity index (χ0v) is 16.4. The van der Waals surface area contributed by atoms with Crippen LogP contribution in [0.15, 0.2) is 23.8 Å². The van der Waals surface area contributed by atoms with E-state index in [0.29, 0.717) is 23.7 Å². The number of rotatable bonds is 3. The van der Waals surface area contributed by atoms with Crippen molar-refractivity contribution < 1.29 is 15.0 Å². The number of aldehydes is 1. The molecule has 9 atom stereocenters. The fraction of sp³-hybridized carbons (Fsp3) is 0.783. The molecule has 3 saturated carbocycles. The topological polar surface area (TPSA) is 57.5 Å². The van der Waals surface area contributed by atoms with Gasteiger partial charge in [-0.15, -0.1) is 0 Å². The second-order valence-corrected chi connectivity index (χ2v) is 10.0. The minimum atomic E-state index is -0.307. The van der Waals surface area contributed by atoms with Crippen molar-refractivity contribution in [1.82, 2.24) is 0 Å². The van der Waals surface area contributed by atoms with Gasteiger partial charge in [-0.1, -0.05) is 44.6 Å². The summed E-state index contributed by atoms with van der Waals surface area (Å²) >= 11 is 0. The van der Waals surface area contributed by atoms with E-state index in [-0.39, 0.29) is 35.4 Å². The van der Waals surface area contributed by atoms with Gasteiger partial charge in [0.05, 0.1) is 12.0 Å². The summed E-state index contributed by atoms with van der Waals surface area (Å²) in [4.78, 5) is 11.2. The highest BCUT2D eigenvalue weighted by molar-refractivity contribution is 5.62. The largest absolute Gasteiger partial charge is 0.396 e. The molecule has 0 amide bonds. The van der Waals surface area contributed by atoms with Crippen LogP contribution in [0.3, 0.4) is 0 Å². The lowest BCUT2D eigenvalue weighted by Crippen LogP contribution is -2.56.